The van der Waals surface area contributed by atoms with E-state index < -0.39 is 5.97 Å². The SMILES string of the molecule is CC(=O)Nc1sc2c(c1C(=O)OCC(=O)NCCc1cccs1)CCCC2. The molecule has 2 aromatic heterocycles. The molecule has 0 fully saturated rings. The third kappa shape index (κ3) is 5.17. The topological polar surface area (TPSA) is 84.5 Å². The lowest BCUT2D eigenvalue weighted by Crippen LogP contribution is -2.30. The third-order valence-corrected chi connectivity index (χ3v) is 6.42. The number of nitrogens with one attached hydrogen (secondary N) is 2. The molecule has 2 aromatic rings. The summed E-state index contributed by atoms with van der Waals surface area (Å²) in [6.07, 6.45) is 4.54. The van der Waals surface area contributed by atoms with Crippen LogP contribution in [0.3, 0.4) is 0 Å². The minimum absolute atomic E-state index is 0.228. The predicted molar refractivity (Wildman–Crippen MR) is 107 cm³/mol. The molecule has 8 heteroatoms. The Kier molecular flexibility index (Phi) is 6.63. The first kappa shape index (κ1) is 19.6. The molecule has 27 heavy (non-hydrogen) atoms. The van der Waals surface area contributed by atoms with Gasteiger partial charge in [-0.2, -0.15) is 0 Å². The first-order valence-corrected chi connectivity index (χ1v) is 10.6. The zero-order chi connectivity index (χ0) is 19.2. The van der Waals surface area contributed by atoms with Crippen molar-refractivity contribution in [3.05, 3.63) is 38.4 Å². The quantitative estimate of drug-likeness (QED) is 0.692. The number of esters is 1. The average Bonchev–Trinajstić information content (AvgIpc) is 3.26. The number of aryl methyl sites for hydroxylation is 1. The molecule has 2 amide bonds. The van der Waals surface area contributed by atoms with E-state index >= 15 is 0 Å². The molecule has 6 nitrogen and oxygen atoms in total. The summed E-state index contributed by atoms with van der Waals surface area (Å²) in [6, 6.07) is 3.98. The molecule has 0 spiro atoms. The molecule has 2 heterocycles. The highest BCUT2D eigenvalue weighted by molar-refractivity contribution is 7.17. The zero-order valence-corrected chi connectivity index (χ0v) is 16.8. The molecular formula is C19H22N2O4S2. The Morgan fingerprint density at radius 3 is 2.78 bits per heavy atom. The van der Waals surface area contributed by atoms with E-state index in [0.29, 0.717) is 17.1 Å². The van der Waals surface area contributed by atoms with E-state index in [1.54, 1.807) is 11.3 Å². The van der Waals surface area contributed by atoms with Gasteiger partial charge in [-0.25, -0.2) is 4.79 Å². The van der Waals surface area contributed by atoms with E-state index in [4.69, 9.17) is 4.74 Å². The van der Waals surface area contributed by atoms with E-state index in [1.165, 1.54) is 23.1 Å². The van der Waals surface area contributed by atoms with Crippen LogP contribution in [0.1, 0.15) is 45.4 Å². The van der Waals surface area contributed by atoms with Crippen LogP contribution in [-0.2, 0) is 33.6 Å². The molecule has 1 aliphatic carbocycles. The fraction of sp³-hybridized carbons (Fsp3) is 0.421. The van der Waals surface area contributed by atoms with Gasteiger partial charge < -0.3 is 15.4 Å². The van der Waals surface area contributed by atoms with Crippen LogP contribution in [0.15, 0.2) is 17.5 Å². The van der Waals surface area contributed by atoms with Crippen LogP contribution in [0.2, 0.25) is 0 Å². The Morgan fingerprint density at radius 1 is 1.22 bits per heavy atom. The molecule has 0 saturated carbocycles. The lowest BCUT2D eigenvalue weighted by molar-refractivity contribution is -0.124. The van der Waals surface area contributed by atoms with Crippen molar-refractivity contribution in [1.82, 2.24) is 5.32 Å². The molecule has 0 aromatic carbocycles. The predicted octanol–water partition coefficient (Wildman–Crippen LogP) is 3.16. The fourth-order valence-corrected chi connectivity index (χ4v) is 5.10. The monoisotopic (exact) mass is 406 g/mol. The summed E-state index contributed by atoms with van der Waals surface area (Å²) in [5, 5.41) is 8.00. The number of rotatable bonds is 7. The second kappa shape index (κ2) is 9.14. The zero-order valence-electron chi connectivity index (χ0n) is 15.1. The highest BCUT2D eigenvalue weighted by Gasteiger charge is 2.27. The van der Waals surface area contributed by atoms with Gasteiger partial charge in [0.05, 0.1) is 5.56 Å². The van der Waals surface area contributed by atoms with Crippen molar-refractivity contribution in [1.29, 1.82) is 0 Å². The molecule has 0 bridgehead atoms. The van der Waals surface area contributed by atoms with Crippen molar-refractivity contribution in [2.24, 2.45) is 0 Å². The Labute approximate surface area is 165 Å². The average molecular weight is 407 g/mol. The Balaban J connectivity index is 1.57. The molecule has 3 rings (SSSR count). The van der Waals surface area contributed by atoms with Gasteiger partial charge in [0.15, 0.2) is 6.61 Å². The number of carbonyl (C=O) groups excluding carboxylic acids is 3. The molecule has 0 saturated heterocycles. The third-order valence-electron chi connectivity index (χ3n) is 4.27. The Morgan fingerprint density at radius 2 is 2.04 bits per heavy atom. The summed E-state index contributed by atoms with van der Waals surface area (Å²) in [5.74, 6) is -1.11. The van der Waals surface area contributed by atoms with Gasteiger partial charge in [0.25, 0.3) is 5.91 Å². The van der Waals surface area contributed by atoms with Gasteiger partial charge in [0.1, 0.15) is 5.00 Å². The van der Waals surface area contributed by atoms with Gasteiger partial charge in [-0.05, 0) is 49.1 Å². The fourth-order valence-electron chi connectivity index (χ4n) is 3.06. The largest absolute Gasteiger partial charge is 0.452 e. The van der Waals surface area contributed by atoms with Crippen molar-refractivity contribution in [3.63, 3.8) is 0 Å². The molecule has 2 N–H and O–H groups in total. The van der Waals surface area contributed by atoms with Gasteiger partial charge in [-0.15, -0.1) is 22.7 Å². The van der Waals surface area contributed by atoms with Crippen molar-refractivity contribution >= 4 is 45.5 Å². The van der Waals surface area contributed by atoms with E-state index in [2.05, 4.69) is 10.6 Å². The number of carbonyl (C=O) groups is 3. The second-order valence-electron chi connectivity index (χ2n) is 6.35. The van der Waals surface area contributed by atoms with Crippen molar-refractivity contribution in [2.75, 3.05) is 18.5 Å². The van der Waals surface area contributed by atoms with Gasteiger partial charge in [0.2, 0.25) is 5.91 Å². The van der Waals surface area contributed by atoms with Crippen molar-refractivity contribution < 1.29 is 19.1 Å². The molecule has 0 aliphatic heterocycles. The van der Waals surface area contributed by atoms with E-state index in [-0.39, 0.29) is 18.4 Å². The number of ether oxygens (including phenoxy) is 1. The normalized spacial score (nSPS) is 12.9. The van der Waals surface area contributed by atoms with Crippen LogP contribution in [-0.4, -0.2) is 30.9 Å². The highest BCUT2D eigenvalue weighted by atomic mass is 32.1. The minimum Gasteiger partial charge on any atom is -0.452 e. The van der Waals surface area contributed by atoms with Crippen LogP contribution in [0.5, 0.6) is 0 Å². The number of fused-ring (bicyclic) bond motifs is 1. The van der Waals surface area contributed by atoms with E-state index in [0.717, 1.165) is 42.5 Å². The summed E-state index contributed by atoms with van der Waals surface area (Å²) in [4.78, 5) is 38.3. The molecule has 0 radical (unpaired) electrons. The van der Waals surface area contributed by atoms with Crippen LogP contribution in [0.25, 0.3) is 0 Å². The summed E-state index contributed by atoms with van der Waals surface area (Å²) < 4.78 is 5.23. The van der Waals surface area contributed by atoms with Crippen molar-refractivity contribution in [3.8, 4) is 0 Å². The minimum atomic E-state index is -0.549. The molecule has 1 aliphatic rings. The lowest BCUT2D eigenvalue weighted by Gasteiger charge is -2.12. The lowest BCUT2D eigenvalue weighted by atomic mass is 9.95. The first-order chi connectivity index (χ1) is 13.0. The van der Waals surface area contributed by atoms with Crippen LogP contribution in [0, 0.1) is 0 Å². The Bertz CT molecular complexity index is 827. The molecule has 0 atom stereocenters. The second-order valence-corrected chi connectivity index (χ2v) is 8.49. The van der Waals surface area contributed by atoms with Gasteiger partial charge >= 0.3 is 5.97 Å². The van der Waals surface area contributed by atoms with Gasteiger partial charge in [0, 0.05) is 23.2 Å². The smallest absolute Gasteiger partial charge is 0.341 e. The van der Waals surface area contributed by atoms with E-state index in [1.807, 2.05) is 17.5 Å². The summed E-state index contributed by atoms with van der Waals surface area (Å²) in [5.41, 5.74) is 1.37. The van der Waals surface area contributed by atoms with Gasteiger partial charge in [-0.3, -0.25) is 9.59 Å². The standard InChI is InChI=1S/C19H22N2O4S2/c1-12(22)21-18-17(14-6-2-3-7-15(14)27-18)19(24)25-11-16(23)20-9-8-13-5-4-10-26-13/h4-5,10H,2-3,6-9,11H2,1H3,(H,20,23)(H,21,22). The Hall–Kier alpha value is -2.19. The number of amides is 2. The maximum atomic E-state index is 12.6. The van der Waals surface area contributed by atoms with Gasteiger partial charge in [-0.1, -0.05) is 6.07 Å². The summed E-state index contributed by atoms with van der Waals surface area (Å²) in [6.45, 7) is 1.59. The maximum absolute atomic E-state index is 12.6. The highest BCUT2D eigenvalue weighted by Crippen LogP contribution is 2.38. The molecule has 0 unspecified atom stereocenters. The number of hydrogen-bond donors (Lipinski definition) is 2. The molecular weight excluding hydrogens is 384 g/mol. The first-order valence-electron chi connectivity index (χ1n) is 8.93. The number of thiophene rings is 2. The summed E-state index contributed by atoms with van der Waals surface area (Å²) in [7, 11) is 0. The molecule has 144 valence electrons. The van der Waals surface area contributed by atoms with Crippen LogP contribution < -0.4 is 10.6 Å². The van der Waals surface area contributed by atoms with E-state index in [9.17, 15) is 14.4 Å². The van der Waals surface area contributed by atoms with Crippen LogP contribution in [0.4, 0.5) is 5.00 Å². The maximum Gasteiger partial charge on any atom is 0.341 e. The van der Waals surface area contributed by atoms with Crippen molar-refractivity contribution in [2.45, 2.75) is 39.0 Å². The summed E-state index contributed by atoms with van der Waals surface area (Å²) >= 11 is 3.07. The van der Waals surface area contributed by atoms with Crippen LogP contribution >= 0.6 is 22.7 Å². The number of anilines is 1. The number of hydrogen-bond acceptors (Lipinski definition) is 6.